The minimum absolute atomic E-state index is 0. The normalized spacial score (nSPS) is 8.09. The summed E-state index contributed by atoms with van der Waals surface area (Å²) in [5.74, 6) is -0.323. The summed E-state index contributed by atoms with van der Waals surface area (Å²) in [5, 5.41) is 0. The second-order valence-corrected chi connectivity index (χ2v) is 1.82. The first kappa shape index (κ1) is 9.91. The third-order valence-electron chi connectivity index (χ3n) is 0.922. The van der Waals surface area contributed by atoms with Gasteiger partial charge in [-0.15, -0.1) is 0 Å². The standard InChI is InChI=1S/C7H8NO2.ClH/c1-7(9)10-8-5-3-2-4-6-8;/h2-6H,1H3;1H/q+1;/p-1. The van der Waals surface area contributed by atoms with Gasteiger partial charge in [-0.25, -0.2) is 4.79 Å². The number of halogens is 1. The highest BCUT2D eigenvalue weighted by atomic mass is 35.5. The fraction of sp³-hybridized carbons (Fsp3) is 0.143. The maximum absolute atomic E-state index is 10.4. The molecule has 0 aliphatic rings. The summed E-state index contributed by atoms with van der Waals surface area (Å²) in [6.07, 6.45) is 3.31. The van der Waals surface area contributed by atoms with E-state index >= 15 is 0 Å². The Bertz CT molecular complexity index is 225. The smallest absolute Gasteiger partial charge is 0.377 e. The van der Waals surface area contributed by atoms with Crippen LogP contribution >= 0.6 is 0 Å². The maximum atomic E-state index is 10.4. The van der Waals surface area contributed by atoms with E-state index in [0.717, 1.165) is 0 Å². The van der Waals surface area contributed by atoms with Crippen LogP contribution in [-0.4, -0.2) is 5.97 Å². The van der Waals surface area contributed by atoms with Crippen LogP contribution in [0.4, 0.5) is 0 Å². The van der Waals surface area contributed by atoms with Gasteiger partial charge in [0.15, 0.2) is 0 Å². The lowest BCUT2D eigenvalue weighted by atomic mass is 10.5. The zero-order valence-corrected chi connectivity index (χ0v) is 6.78. The number of hydrogen-bond donors (Lipinski definition) is 0. The van der Waals surface area contributed by atoms with Crippen LogP contribution in [0.15, 0.2) is 30.6 Å². The van der Waals surface area contributed by atoms with Crippen LogP contribution in [0.1, 0.15) is 6.92 Å². The summed E-state index contributed by atoms with van der Waals surface area (Å²) in [7, 11) is 0. The zero-order valence-electron chi connectivity index (χ0n) is 6.03. The van der Waals surface area contributed by atoms with Crippen molar-refractivity contribution in [2.45, 2.75) is 6.92 Å². The fourth-order valence-corrected chi connectivity index (χ4v) is 0.592. The van der Waals surface area contributed by atoms with Crippen molar-refractivity contribution in [3.63, 3.8) is 0 Å². The van der Waals surface area contributed by atoms with Crippen LogP contribution in [0.25, 0.3) is 0 Å². The van der Waals surface area contributed by atoms with Crippen molar-refractivity contribution >= 4 is 5.97 Å². The molecule has 1 heterocycles. The van der Waals surface area contributed by atoms with Crippen molar-refractivity contribution in [1.82, 2.24) is 0 Å². The Hall–Kier alpha value is -1.09. The summed E-state index contributed by atoms with van der Waals surface area (Å²) in [6.45, 7) is 1.36. The maximum Gasteiger partial charge on any atom is 0.377 e. The molecule has 1 aromatic heterocycles. The molecule has 0 saturated heterocycles. The lowest BCUT2D eigenvalue weighted by Crippen LogP contribution is -3.00. The van der Waals surface area contributed by atoms with Gasteiger partial charge in [-0.2, -0.15) is 4.84 Å². The number of hydrogen-bond acceptors (Lipinski definition) is 2. The van der Waals surface area contributed by atoms with Gasteiger partial charge in [-0.1, -0.05) is 6.07 Å². The zero-order chi connectivity index (χ0) is 7.40. The Morgan fingerprint density at radius 1 is 1.27 bits per heavy atom. The quantitative estimate of drug-likeness (QED) is 0.423. The van der Waals surface area contributed by atoms with Crippen molar-refractivity contribution in [2.75, 3.05) is 0 Å². The van der Waals surface area contributed by atoms with Gasteiger partial charge in [-0.05, 0) is 0 Å². The second kappa shape index (κ2) is 4.68. The van der Waals surface area contributed by atoms with Crippen LogP contribution in [0.2, 0.25) is 0 Å². The SMILES string of the molecule is CC(=O)O[n+]1ccccc1.[Cl-]. The summed E-state index contributed by atoms with van der Waals surface area (Å²) >= 11 is 0. The van der Waals surface area contributed by atoms with Gasteiger partial charge in [0.25, 0.3) is 0 Å². The Labute approximate surface area is 71.0 Å². The van der Waals surface area contributed by atoms with E-state index in [2.05, 4.69) is 0 Å². The van der Waals surface area contributed by atoms with Crippen LogP contribution in [-0.2, 0) is 4.79 Å². The number of pyridine rings is 1. The van der Waals surface area contributed by atoms with Gasteiger partial charge in [-0.3, -0.25) is 0 Å². The first-order valence-electron chi connectivity index (χ1n) is 2.94. The molecule has 3 nitrogen and oxygen atoms in total. The Kier molecular flexibility index (Phi) is 4.22. The molecular weight excluding hydrogens is 166 g/mol. The number of rotatable bonds is 1. The van der Waals surface area contributed by atoms with E-state index in [-0.39, 0.29) is 18.4 Å². The molecule has 11 heavy (non-hydrogen) atoms. The summed E-state index contributed by atoms with van der Waals surface area (Å²) < 4.78 is 1.35. The van der Waals surface area contributed by atoms with Crippen molar-refractivity contribution in [3.05, 3.63) is 30.6 Å². The lowest BCUT2D eigenvalue weighted by Gasteiger charge is -1.88. The van der Waals surface area contributed by atoms with E-state index < -0.39 is 0 Å². The van der Waals surface area contributed by atoms with Gasteiger partial charge >= 0.3 is 5.97 Å². The monoisotopic (exact) mass is 173 g/mol. The number of aromatic nitrogens is 1. The number of carbonyl (C=O) groups is 1. The molecule has 0 unspecified atom stereocenters. The molecule has 0 saturated carbocycles. The largest absolute Gasteiger partial charge is 1.00 e. The highest BCUT2D eigenvalue weighted by molar-refractivity contribution is 5.65. The minimum atomic E-state index is -0.323. The van der Waals surface area contributed by atoms with Gasteiger partial charge in [0, 0.05) is 23.8 Å². The van der Waals surface area contributed by atoms with Crippen LogP contribution in [0, 0.1) is 0 Å². The molecule has 0 spiro atoms. The van der Waals surface area contributed by atoms with Gasteiger partial charge < -0.3 is 12.4 Å². The third-order valence-corrected chi connectivity index (χ3v) is 0.922. The summed E-state index contributed by atoms with van der Waals surface area (Å²) in [5.41, 5.74) is 0. The van der Waals surface area contributed by atoms with E-state index in [1.165, 1.54) is 11.7 Å². The molecule has 0 aromatic carbocycles. The topological polar surface area (TPSA) is 30.2 Å². The predicted molar refractivity (Wildman–Crippen MR) is 33.9 cm³/mol. The molecule has 0 amide bonds. The number of nitrogens with zero attached hydrogens (tertiary/aromatic N) is 1. The van der Waals surface area contributed by atoms with E-state index in [9.17, 15) is 4.79 Å². The Morgan fingerprint density at radius 2 is 1.82 bits per heavy atom. The molecule has 0 N–H and O–H groups in total. The van der Waals surface area contributed by atoms with Crippen molar-refractivity contribution < 1.29 is 26.8 Å². The molecule has 60 valence electrons. The minimum Gasteiger partial charge on any atom is -1.00 e. The molecule has 1 aromatic rings. The Balaban J connectivity index is 0.000001000. The highest BCUT2D eigenvalue weighted by Crippen LogP contribution is 1.74. The molecule has 1 rings (SSSR count). The summed E-state index contributed by atoms with van der Waals surface area (Å²) in [4.78, 5) is 15.1. The van der Waals surface area contributed by atoms with Crippen molar-refractivity contribution in [1.29, 1.82) is 0 Å². The fourth-order valence-electron chi connectivity index (χ4n) is 0.592. The van der Waals surface area contributed by atoms with Crippen molar-refractivity contribution in [2.24, 2.45) is 0 Å². The van der Waals surface area contributed by atoms with E-state index in [0.29, 0.717) is 0 Å². The van der Waals surface area contributed by atoms with Gasteiger partial charge in [0.2, 0.25) is 12.4 Å². The summed E-state index contributed by atoms with van der Waals surface area (Å²) in [6, 6.07) is 5.41. The molecule has 0 fully saturated rings. The van der Waals surface area contributed by atoms with Crippen molar-refractivity contribution in [3.8, 4) is 0 Å². The molecular formula is C7H8ClNO2. The van der Waals surface area contributed by atoms with E-state index in [1.54, 1.807) is 24.5 Å². The second-order valence-electron chi connectivity index (χ2n) is 1.82. The number of carbonyl (C=O) groups excluding carboxylic acids is 1. The van der Waals surface area contributed by atoms with Gasteiger partial charge in [0.1, 0.15) is 0 Å². The molecule has 4 heteroatoms. The molecule has 0 aliphatic heterocycles. The molecule has 0 aliphatic carbocycles. The average molecular weight is 174 g/mol. The predicted octanol–water partition coefficient (Wildman–Crippen LogP) is -3.05. The molecule has 0 atom stereocenters. The Morgan fingerprint density at radius 3 is 2.27 bits per heavy atom. The highest BCUT2D eigenvalue weighted by Gasteiger charge is 2.00. The van der Waals surface area contributed by atoms with Crippen LogP contribution in [0.5, 0.6) is 0 Å². The first-order chi connectivity index (χ1) is 4.79. The molecule has 0 bridgehead atoms. The van der Waals surface area contributed by atoms with Crippen LogP contribution < -0.4 is 22.0 Å². The van der Waals surface area contributed by atoms with Gasteiger partial charge in [0.05, 0.1) is 0 Å². The van der Waals surface area contributed by atoms with Crippen LogP contribution in [0.3, 0.4) is 0 Å². The lowest BCUT2D eigenvalue weighted by molar-refractivity contribution is -0.869. The molecule has 0 radical (unpaired) electrons. The van der Waals surface area contributed by atoms with E-state index in [1.807, 2.05) is 6.07 Å². The first-order valence-corrected chi connectivity index (χ1v) is 2.94. The third kappa shape index (κ3) is 3.57. The van der Waals surface area contributed by atoms with E-state index in [4.69, 9.17) is 4.84 Å². The average Bonchev–Trinajstić information content (AvgIpc) is 1.88.